The van der Waals surface area contributed by atoms with E-state index in [1.807, 2.05) is 27.7 Å². The lowest BCUT2D eigenvalue weighted by molar-refractivity contribution is -0.252. The summed E-state index contributed by atoms with van der Waals surface area (Å²) in [5, 5.41) is 3.19. The Kier molecular flexibility index (Phi) is 10.1. The molecule has 1 aromatic rings. The van der Waals surface area contributed by atoms with Gasteiger partial charge in [0, 0.05) is 37.8 Å². The third-order valence-electron chi connectivity index (χ3n) is 3.97. The van der Waals surface area contributed by atoms with Gasteiger partial charge in [-0.3, -0.25) is 9.59 Å². The number of carbonyl (C=O) groups excluding carboxylic acids is 2. The van der Waals surface area contributed by atoms with E-state index in [4.69, 9.17) is 32.7 Å². The van der Waals surface area contributed by atoms with Crippen LogP contribution in [0.2, 0.25) is 10.0 Å². The van der Waals surface area contributed by atoms with Crippen LogP contribution in [0.1, 0.15) is 39.7 Å². The van der Waals surface area contributed by atoms with Gasteiger partial charge in [-0.1, -0.05) is 29.3 Å². The van der Waals surface area contributed by atoms with E-state index >= 15 is 0 Å². The number of hydrogen-bond donors (Lipinski definition) is 1. The van der Waals surface area contributed by atoms with Crippen LogP contribution in [0.25, 0.3) is 0 Å². The largest absolute Gasteiger partial charge is 0.347 e. The van der Waals surface area contributed by atoms with Gasteiger partial charge in [0.25, 0.3) is 0 Å². The van der Waals surface area contributed by atoms with E-state index < -0.39 is 5.79 Å². The van der Waals surface area contributed by atoms with Gasteiger partial charge < -0.3 is 19.7 Å². The first-order valence-corrected chi connectivity index (χ1v) is 9.69. The first-order valence-electron chi connectivity index (χ1n) is 8.94. The zero-order chi connectivity index (χ0) is 20.4. The summed E-state index contributed by atoms with van der Waals surface area (Å²) < 4.78 is 12.0. The summed E-state index contributed by atoms with van der Waals surface area (Å²) in [6, 6.07) is 5.06. The minimum atomic E-state index is -1.18. The Morgan fingerprint density at radius 2 is 1.85 bits per heavy atom. The molecule has 0 saturated carbocycles. The molecule has 0 fully saturated rings. The average Bonchev–Trinajstić information content (AvgIpc) is 2.62. The maximum atomic E-state index is 12.7. The summed E-state index contributed by atoms with van der Waals surface area (Å²) in [5.74, 6) is -1.31. The molecule has 1 N–H and O–H groups in total. The van der Waals surface area contributed by atoms with Crippen molar-refractivity contribution < 1.29 is 19.1 Å². The van der Waals surface area contributed by atoms with E-state index in [9.17, 15) is 9.59 Å². The maximum absolute atomic E-state index is 12.7. The number of halogens is 2. The fourth-order valence-corrected chi connectivity index (χ4v) is 3.04. The van der Waals surface area contributed by atoms with Gasteiger partial charge in [0.05, 0.1) is 16.6 Å². The molecule has 151 valence electrons. The van der Waals surface area contributed by atoms with Crippen molar-refractivity contribution in [2.45, 2.75) is 45.9 Å². The lowest BCUT2D eigenvalue weighted by Gasteiger charge is -2.40. The second kappa shape index (κ2) is 11.5. The van der Waals surface area contributed by atoms with Crippen molar-refractivity contribution in [3.8, 4) is 0 Å². The van der Waals surface area contributed by atoms with Gasteiger partial charge in [-0.25, -0.2) is 0 Å². The summed E-state index contributed by atoms with van der Waals surface area (Å²) in [5.41, 5.74) is 0.679. The number of benzene rings is 1. The molecule has 0 heterocycles. The van der Waals surface area contributed by atoms with Crippen molar-refractivity contribution in [3.63, 3.8) is 0 Å². The molecule has 0 aromatic heterocycles. The zero-order valence-corrected chi connectivity index (χ0v) is 17.7. The molecule has 0 aliphatic carbocycles. The number of nitrogens with one attached hydrogen (secondary N) is 1. The third-order valence-corrected chi connectivity index (χ3v) is 4.71. The van der Waals surface area contributed by atoms with Crippen LogP contribution < -0.4 is 5.32 Å². The summed E-state index contributed by atoms with van der Waals surface area (Å²) in [6.45, 7) is 8.68. The van der Waals surface area contributed by atoms with Gasteiger partial charge in [0.2, 0.25) is 11.7 Å². The van der Waals surface area contributed by atoms with Gasteiger partial charge >= 0.3 is 6.41 Å². The molecule has 0 bridgehead atoms. The molecule has 6 nitrogen and oxygen atoms in total. The maximum Gasteiger partial charge on any atom is 0.309 e. The predicted molar refractivity (Wildman–Crippen MR) is 107 cm³/mol. The fraction of sp³-hybridized carbons (Fsp3) is 0.579. The van der Waals surface area contributed by atoms with E-state index in [2.05, 4.69) is 5.32 Å². The SMILES string of the molecule is CCOC(CN(C(=O)CCN[C]=O)C(C)C)(OCC)c1ccc(Cl)c(Cl)c1. The van der Waals surface area contributed by atoms with Crippen LogP contribution in [-0.2, 0) is 24.8 Å². The van der Waals surface area contributed by atoms with Crippen molar-refractivity contribution in [2.75, 3.05) is 26.3 Å². The summed E-state index contributed by atoms with van der Waals surface area (Å²) >= 11 is 12.2. The van der Waals surface area contributed by atoms with Gasteiger partial charge in [0.1, 0.15) is 0 Å². The molecule has 1 aromatic carbocycles. The van der Waals surface area contributed by atoms with Gasteiger partial charge in [-0.2, -0.15) is 0 Å². The molecule has 0 unspecified atom stereocenters. The molecule has 0 aliphatic rings. The fourth-order valence-electron chi connectivity index (χ4n) is 2.74. The molecule has 8 heteroatoms. The highest BCUT2D eigenvalue weighted by molar-refractivity contribution is 6.42. The topological polar surface area (TPSA) is 67.9 Å². The Morgan fingerprint density at radius 3 is 2.33 bits per heavy atom. The molecule has 2 amide bonds. The third kappa shape index (κ3) is 6.64. The minimum absolute atomic E-state index is 0.0965. The molecule has 1 rings (SSSR count). The minimum Gasteiger partial charge on any atom is -0.347 e. The summed E-state index contributed by atoms with van der Waals surface area (Å²) in [7, 11) is 0. The number of rotatable bonds is 12. The Hall–Kier alpha value is -1.34. The van der Waals surface area contributed by atoms with E-state index in [0.29, 0.717) is 28.8 Å². The molecular formula is C19H27Cl2N2O4. The van der Waals surface area contributed by atoms with Crippen molar-refractivity contribution in [2.24, 2.45) is 0 Å². The van der Waals surface area contributed by atoms with E-state index in [1.54, 1.807) is 29.5 Å². The van der Waals surface area contributed by atoms with Gasteiger partial charge in [-0.15, -0.1) is 0 Å². The number of ether oxygens (including phenoxy) is 2. The van der Waals surface area contributed by atoms with Gasteiger partial charge in [0.15, 0.2) is 0 Å². The van der Waals surface area contributed by atoms with Crippen molar-refractivity contribution in [1.82, 2.24) is 10.2 Å². The van der Waals surface area contributed by atoms with Crippen molar-refractivity contribution in [1.29, 1.82) is 0 Å². The van der Waals surface area contributed by atoms with Gasteiger partial charge in [-0.05, 0) is 39.8 Å². The molecular weight excluding hydrogens is 391 g/mol. The van der Waals surface area contributed by atoms with Crippen molar-refractivity contribution in [3.05, 3.63) is 33.8 Å². The van der Waals surface area contributed by atoms with E-state index in [1.165, 1.54) is 0 Å². The summed E-state index contributed by atoms with van der Waals surface area (Å²) in [6.07, 6.45) is 1.73. The van der Waals surface area contributed by atoms with E-state index in [-0.39, 0.29) is 31.5 Å². The molecule has 0 spiro atoms. The smallest absolute Gasteiger partial charge is 0.309 e. The highest BCUT2D eigenvalue weighted by atomic mass is 35.5. The quantitative estimate of drug-likeness (QED) is 0.321. The summed E-state index contributed by atoms with van der Waals surface area (Å²) in [4.78, 5) is 24.7. The predicted octanol–water partition coefficient (Wildman–Crippen LogP) is 3.50. The molecule has 1 radical (unpaired) electrons. The number of carbonyl (C=O) groups is 1. The normalized spacial score (nSPS) is 11.5. The number of amides is 2. The Labute approximate surface area is 171 Å². The Balaban J connectivity index is 3.24. The average molecular weight is 418 g/mol. The van der Waals surface area contributed by atoms with Crippen LogP contribution in [0.5, 0.6) is 0 Å². The van der Waals surface area contributed by atoms with Crippen LogP contribution in [-0.4, -0.2) is 49.6 Å². The molecule has 0 aliphatic heterocycles. The molecule has 0 atom stereocenters. The first-order chi connectivity index (χ1) is 12.8. The van der Waals surface area contributed by atoms with Crippen LogP contribution >= 0.6 is 23.2 Å². The highest BCUT2D eigenvalue weighted by Gasteiger charge is 2.38. The highest BCUT2D eigenvalue weighted by Crippen LogP contribution is 2.34. The second-order valence-electron chi connectivity index (χ2n) is 6.14. The lowest BCUT2D eigenvalue weighted by Crippen LogP contribution is -2.50. The Bertz CT molecular complexity index is 620. The number of nitrogens with zero attached hydrogens (tertiary/aromatic N) is 1. The molecule has 0 saturated heterocycles. The number of hydrogen-bond acceptors (Lipinski definition) is 4. The van der Waals surface area contributed by atoms with Crippen LogP contribution in [0.15, 0.2) is 18.2 Å². The lowest BCUT2D eigenvalue weighted by atomic mass is 10.0. The Morgan fingerprint density at radius 1 is 1.22 bits per heavy atom. The van der Waals surface area contributed by atoms with Crippen LogP contribution in [0.4, 0.5) is 0 Å². The monoisotopic (exact) mass is 417 g/mol. The van der Waals surface area contributed by atoms with Crippen LogP contribution in [0, 0.1) is 0 Å². The van der Waals surface area contributed by atoms with Crippen molar-refractivity contribution >= 4 is 35.5 Å². The molecule has 27 heavy (non-hydrogen) atoms. The van der Waals surface area contributed by atoms with Crippen LogP contribution in [0.3, 0.4) is 0 Å². The standard InChI is InChI=1S/C19H27Cl2N2O4/c1-5-26-19(27-6-2,15-7-8-16(20)17(21)11-15)12-23(14(3)4)18(25)9-10-22-13-24/h7-8,11,14H,5-6,9-10,12H2,1-4H3,(H,22,24). The second-order valence-corrected chi connectivity index (χ2v) is 6.96. The van der Waals surface area contributed by atoms with E-state index in [0.717, 1.165) is 0 Å². The zero-order valence-electron chi connectivity index (χ0n) is 16.2. The first kappa shape index (κ1) is 23.7.